The Labute approximate surface area is 105 Å². The third-order valence-corrected chi connectivity index (χ3v) is 2.60. The molecule has 1 aromatic rings. The minimum atomic E-state index is -0.999. The number of halogens is 1. The molecule has 1 rings (SSSR count). The van der Waals surface area contributed by atoms with E-state index in [0.717, 1.165) is 0 Å². The predicted octanol–water partition coefficient (Wildman–Crippen LogP) is 1.91. The van der Waals surface area contributed by atoms with Crippen molar-refractivity contribution in [2.45, 2.75) is 25.7 Å². The molecule has 18 heavy (non-hydrogen) atoms. The molecule has 1 aromatic carbocycles. The smallest absolute Gasteiger partial charge is 0.303 e. The van der Waals surface area contributed by atoms with Gasteiger partial charge in [0, 0.05) is 18.5 Å². The number of benzene rings is 1. The van der Waals surface area contributed by atoms with Gasteiger partial charge in [0.05, 0.1) is 5.92 Å². The second kappa shape index (κ2) is 6.74. The van der Waals surface area contributed by atoms with E-state index in [1.165, 1.54) is 18.2 Å². The molecule has 0 fully saturated rings. The van der Waals surface area contributed by atoms with E-state index in [9.17, 15) is 14.0 Å². The number of carbonyl (C=O) groups excluding carboxylic acids is 1. The minimum absolute atomic E-state index is 0.0854. The highest BCUT2D eigenvalue weighted by Crippen LogP contribution is 2.24. The monoisotopic (exact) mass is 253 g/mol. The van der Waals surface area contributed by atoms with Crippen molar-refractivity contribution in [1.29, 1.82) is 0 Å². The van der Waals surface area contributed by atoms with Crippen LogP contribution < -0.4 is 5.32 Å². The first-order valence-electron chi connectivity index (χ1n) is 5.80. The van der Waals surface area contributed by atoms with Gasteiger partial charge in [-0.15, -0.1) is 0 Å². The Morgan fingerprint density at radius 3 is 2.61 bits per heavy atom. The summed E-state index contributed by atoms with van der Waals surface area (Å²) in [7, 11) is 0. The molecule has 98 valence electrons. The molecule has 0 aliphatic carbocycles. The number of rotatable bonds is 6. The minimum Gasteiger partial charge on any atom is -0.481 e. The van der Waals surface area contributed by atoms with Crippen LogP contribution in [0.2, 0.25) is 0 Å². The first kappa shape index (κ1) is 14.2. The molecule has 0 spiro atoms. The molecular formula is C13H16FNO3. The Hall–Kier alpha value is -1.91. The van der Waals surface area contributed by atoms with Gasteiger partial charge in [-0.1, -0.05) is 18.2 Å². The van der Waals surface area contributed by atoms with E-state index < -0.39 is 17.7 Å². The van der Waals surface area contributed by atoms with E-state index in [-0.39, 0.29) is 24.3 Å². The van der Waals surface area contributed by atoms with E-state index in [1.807, 2.05) is 0 Å². The summed E-state index contributed by atoms with van der Waals surface area (Å²) >= 11 is 0. The van der Waals surface area contributed by atoms with Gasteiger partial charge in [-0.2, -0.15) is 0 Å². The summed E-state index contributed by atoms with van der Waals surface area (Å²) in [6.07, 6.45) is -0.0851. The first-order chi connectivity index (χ1) is 8.56. The Morgan fingerprint density at radius 1 is 1.39 bits per heavy atom. The van der Waals surface area contributed by atoms with Gasteiger partial charge >= 0.3 is 5.97 Å². The molecule has 0 bridgehead atoms. The van der Waals surface area contributed by atoms with Crippen LogP contribution in [0.1, 0.15) is 31.2 Å². The standard InChI is InChI=1S/C13H16FNO3/c1-2-15-13(18)10(7-8-12(16)17)9-5-3-4-6-11(9)14/h3-6,10H,2,7-8H2,1H3,(H,15,18)(H,16,17). The largest absolute Gasteiger partial charge is 0.481 e. The third-order valence-electron chi connectivity index (χ3n) is 2.60. The highest BCUT2D eigenvalue weighted by molar-refractivity contribution is 5.84. The van der Waals surface area contributed by atoms with Crippen LogP contribution in [0.15, 0.2) is 24.3 Å². The molecule has 0 saturated carbocycles. The lowest BCUT2D eigenvalue weighted by molar-refractivity contribution is -0.137. The number of carboxylic acid groups (broad SMARTS) is 1. The maximum absolute atomic E-state index is 13.6. The highest BCUT2D eigenvalue weighted by Gasteiger charge is 2.23. The van der Waals surface area contributed by atoms with Crippen molar-refractivity contribution in [1.82, 2.24) is 5.32 Å². The maximum atomic E-state index is 13.6. The van der Waals surface area contributed by atoms with Crippen molar-refractivity contribution >= 4 is 11.9 Å². The summed E-state index contributed by atoms with van der Waals surface area (Å²) in [5, 5.41) is 11.3. The Bertz CT molecular complexity index is 434. The molecule has 0 aliphatic heterocycles. The predicted molar refractivity (Wildman–Crippen MR) is 64.7 cm³/mol. The van der Waals surface area contributed by atoms with E-state index in [2.05, 4.69) is 5.32 Å². The lowest BCUT2D eigenvalue weighted by atomic mass is 9.93. The Morgan fingerprint density at radius 2 is 2.06 bits per heavy atom. The number of hydrogen-bond acceptors (Lipinski definition) is 2. The van der Waals surface area contributed by atoms with Gasteiger partial charge in [-0.25, -0.2) is 4.39 Å². The summed E-state index contributed by atoms with van der Waals surface area (Å²) in [5.41, 5.74) is 0.240. The van der Waals surface area contributed by atoms with E-state index in [1.54, 1.807) is 13.0 Å². The fourth-order valence-electron chi connectivity index (χ4n) is 1.75. The van der Waals surface area contributed by atoms with Crippen LogP contribution in [-0.4, -0.2) is 23.5 Å². The topological polar surface area (TPSA) is 66.4 Å². The van der Waals surface area contributed by atoms with Crippen LogP contribution >= 0.6 is 0 Å². The second-order valence-corrected chi connectivity index (χ2v) is 3.90. The number of hydrogen-bond donors (Lipinski definition) is 2. The summed E-state index contributed by atoms with van der Waals surface area (Å²) < 4.78 is 13.6. The molecule has 0 heterocycles. The van der Waals surface area contributed by atoms with Crippen molar-refractivity contribution in [2.75, 3.05) is 6.54 Å². The molecule has 5 heteroatoms. The molecule has 4 nitrogen and oxygen atoms in total. The van der Waals surface area contributed by atoms with Gasteiger partial charge in [0.1, 0.15) is 5.82 Å². The zero-order valence-corrected chi connectivity index (χ0v) is 10.1. The first-order valence-corrected chi connectivity index (χ1v) is 5.80. The summed E-state index contributed by atoms with van der Waals surface area (Å²) in [4.78, 5) is 22.4. The molecule has 0 aliphatic rings. The molecule has 0 radical (unpaired) electrons. The van der Waals surface area contributed by atoms with Gasteiger partial charge in [-0.05, 0) is 19.4 Å². The average Bonchev–Trinajstić information content (AvgIpc) is 2.31. The number of aliphatic carboxylic acids is 1. The SMILES string of the molecule is CCNC(=O)C(CCC(=O)O)c1ccccc1F. The summed E-state index contributed by atoms with van der Waals surface area (Å²) in [6, 6.07) is 5.94. The summed E-state index contributed by atoms with van der Waals surface area (Å²) in [6.45, 7) is 2.18. The number of likely N-dealkylation sites (N-methyl/N-ethyl adjacent to an activating group) is 1. The molecule has 1 amide bonds. The molecule has 1 atom stereocenters. The van der Waals surface area contributed by atoms with Gasteiger partial charge in [0.25, 0.3) is 0 Å². The van der Waals surface area contributed by atoms with E-state index in [4.69, 9.17) is 5.11 Å². The number of amides is 1. The molecule has 1 unspecified atom stereocenters. The number of carbonyl (C=O) groups is 2. The van der Waals surface area contributed by atoms with Gasteiger partial charge < -0.3 is 10.4 Å². The zero-order valence-electron chi connectivity index (χ0n) is 10.1. The normalized spacial score (nSPS) is 11.9. The average molecular weight is 253 g/mol. The molecule has 0 aromatic heterocycles. The van der Waals surface area contributed by atoms with Crippen molar-refractivity contribution in [2.24, 2.45) is 0 Å². The molecular weight excluding hydrogens is 237 g/mol. The van der Waals surface area contributed by atoms with Crippen LogP contribution in [0.25, 0.3) is 0 Å². The van der Waals surface area contributed by atoms with Crippen LogP contribution in [0.5, 0.6) is 0 Å². The van der Waals surface area contributed by atoms with Gasteiger partial charge in [-0.3, -0.25) is 9.59 Å². The number of carboxylic acids is 1. The fraction of sp³-hybridized carbons (Fsp3) is 0.385. The lowest BCUT2D eigenvalue weighted by Gasteiger charge is -2.16. The van der Waals surface area contributed by atoms with Crippen molar-refractivity contribution in [3.63, 3.8) is 0 Å². The van der Waals surface area contributed by atoms with Crippen LogP contribution in [0.3, 0.4) is 0 Å². The number of nitrogens with one attached hydrogen (secondary N) is 1. The van der Waals surface area contributed by atoms with Crippen LogP contribution in [0, 0.1) is 5.82 Å². The van der Waals surface area contributed by atoms with Crippen molar-refractivity contribution in [3.8, 4) is 0 Å². The third kappa shape index (κ3) is 3.84. The summed E-state index contributed by atoms with van der Waals surface area (Å²) in [5.74, 6) is -2.59. The van der Waals surface area contributed by atoms with Gasteiger partial charge in [0.15, 0.2) is 0 Å². The van der Waals surface area contributed by atoms with Crippen LogP contribution in [0.4, 0.5) is 4.39 Å². The zero-order chi connectivity index (χ0) is 13.5. The fourth-order valence-corrected chi connectivity index (χ4v) is 1.75. The van der Waals surface area contributed by atoms with Crippen molar-refractivity contribution in [3.05, 3.63) is 35.6 Å². The van der Waals surface area contributed by atoms with Gasteiger partial charge in [0.2, 0.25) is 5.91 Å². The van der Waals surface area contributed by atoms with E-state index in [0.29, 0.717) is 6.54 Å². The quantitative estimate of drug-likeness (QED) is 0.813. The van der Waals surface area contributed by atoms with E-state index >= 15 is 0 Å². The van der Waals surface area contributed by atoms with Crippen molar-refractivity contribution < 1.29 is 19.1 Å². The Kier molecular flexibility index (Phi) is 5.30. The lowest BCUT2D eigenvalue weighted by Crippen LogP contribution is -2.30. The maximum Gasteiger partial charge on any atom is 0.303 e. The van der Waals surface area contributed by atoms with Crippen LogP contribution in [-0.2, 0) is 9.59 Å². The molecule has 2 N–H and O–H groups in total. The Balaban J connectivity index is 2.93. The molecule has 0 saturated heterocycles. The second-order valence-electron chi connectivity index (χ2n) is 3.90. The highest BCUT2D eigenvalue weighted by atomic mass is 19.1.